The number of sulfone groups is 1. The molecule has 1 unspecified atom stereocenters. The molecule has 1 aliphatic carbocycles. The minimum absolute atomic E-state index is 0.201. The molecule has 1 aromatic rings. The van der Waals surface area contributed by atoms with Gasteiger partial charge in [-0.1, -0.05) is 18.2 Å². The highest BCUT2D eigenvalue weighted by atomic mass is 32.2. The summed E-state index contributed by atoms with van der Waals surface area (Å²) in [5, 5.41) is 7.42. The average Bonchev–Trinajstić information content (AvgIpc) is 2.74. The third kappa shape index (κ3) is 2.56. The number of aryl methyl sites for hydroxylation is 2. The Hall–Kier alpha value is -1.36. The monoisotopic (exact) mass is 268 g/mol. The van der Waals surface area contributed by atoms with E-state index in [1.807, 2.05) is 12.1 Å². The minimum atomic E-state index is -3.63. The number of carboxylic acid groups (broad SMARTS) is 1. The fraction of sp³-hybridized carbons (Fsp3) is 0.462. The highest BCUT2D eigenvalue weighted by Gasteiger charge is 2.28. The van der Waals surface area contributed by atoms with Crippen LogP contribution in [0.3, 0.4) is 0 Å². The van der Waals surface area contributed by atoms with E-state index in [0.717, 1.165) is 19.3 Å². The number of carbonyl (C=O) groups is 1. The molecule has 0 bridgehead atoms. The molecule has 0 saturated heterocycles. The maximum absolute atomic E-state index is 11.9. The first kappa shape index (κ1) is 13.1. The second kappa shape index (κ2) is 4.72. The molecule has 0 saturated carbocycles. The quantitative estimate of drug-likeness (QED) is 0.899. The first-order valence-electron chi connectivity index (χ1n) is 5.95. The molecular formula is C13H16O4S. The highest BCUT2D eigenvalue weighted by molar-refractivity contribution is 7.91. The Balaban J connectivity index is 2.22. The summed E-state index contributed by atoms with van der Waals surface area (Å²) >= 11 is 0. The Bertz CT molecular complexity index is 575. The Morgan fingerprint density at radius 2 is 2.00 bits per heavy atom. The van der Waals surface area contributed by atoms with E-state index in [1.165, 1.54) is 18.1 Å². The number of benzene rings is 1. The second-order valence-electron chi connectivity index (χ2n) is 4.74. The molecule has 1 aromatic carbocycles. The van der Waals surface area contributed by atoms with Gasteiger partial charge in [-0.3, -0.25) is 4.79 Å². The summed E-state index contributed by atoms with van der Waals surface area (Å²) < 4.78 is 23.7. The smallest absolute Gasteiger partial charge is 0.321 e. The SMILES string of the molecule is CC(C(=O)O)S(=O)(=O)Cc1ccc2c(c1)CCC2. The first-order valence-corrected chi connectivity index (χ1v) is 7.67. The third-order valence-electron chi connectivity index (χ3n) is 3.42. The zero-order chi connectivity index (χ0) is 13.3. The van der Waals surface area contributed by atoms with E-state index in [1.54, 1.807) is 6.07 Å². The van der Waals surface area contributed by atoms with E-state index in [-0.39, 0.29) is 5.75 Å². The number of carboxylic acids is 1. The molecule has 4 nitrogen and oxygen atoms in total. The van der Waals surface area contributed by atoms with Crippen molar-refractivity contribution in [1.82, 2.24) is 0 Å². The van der Waals surface area contributed by atoms with Gasteiger partial charge in [-0.15, -0.1) is 0 Å². The van der Waals surface area contributed by atoms with Gasteiger partial charge in [0.1, 0.15) is 0 Å². The lowest BCUT2D eigenvalue weighted by Crippen LogP contribution is -2.28. The molecule has 0 amide bonds. The van der Waals surface area contributed by atoms with Crippen molar-refractivity contribution in [2.24, 2.45) is 0 Å². The lowest BCUT2D eigenvalue weighted by molar-refractivity contribution is -0.136. The van der Waals surface area contributed by atoms with Crippen LogP contribution in [0.15, 0.2) is 18.2 Å². The summed E-state index contributed by atoms with van der Waals surface area (Å²) in [6, 6.07) is 5.64. The fourth-order valence-electron chi connectivity index (χ4n) is 2.23. The first-order chi connectivity index (χ1) is 8.40. The van der Waals surface area contributed by atoms with Crippen LogP contribution in [0.2, 0.25) is 0 Å². The summed E-state index contributed by atoms with van der Waals surface area (Å²) in [7, 11) is -3.63. The fourth-order valence-corrected chi connectivity index (χ4v) is 3.43. The van der Waals surface area contributed by atoms with Crippen molar-refractivity contribution in [3.63, 3.8) is 0 Å². The van der Waals surface area contributed by atoms with Crippen molar-refractivity contribution in [2.75, 3.05) is 0 Å². The lowest BCUT2D eigenvalue weighted by atomic mass is 10.1. The predicted molar refractivity (Wildman–Crippen MR) is 68.2 cm³/mol. The number of hydrogen-bond donors (Lipinski definition) is 1. The topological polar surface area (TPSA) is 71.4 Å². The van der Waals surface area contributed by atoms with Crippen molar-refractivity contribution in [2.45, 2.75) is 37.2 Å². The maximum Gasteiger partial charge on any atom is 0.321 e. The Morgan fingerprint density at radius 1 is 1.33 bits per heavy atom. The van der Waals surface area contributed by atoms with Crippen LogP contribution in [0, 0.1) is 0 Å². The summed E-state index contributed by atoms with van der Waals surface area (Å²) in [4.78, 5) is 10.7. The lowest BCUT2D eigenvalue weighted by Gasteiger charge is -2.09. The van der Waals surface area contributed by atoms with Crippen LogP contribution in [-0.2, 0) is 33.2 Å². The standard InChI is InChI=1S/C13H16O4S/c1-9(13(14)15)18(16,17)8-10-5-6-11-3-2-4-12(11)7-10/h5-7,9H,2-4,8H2,1H3,(H,14,15). The van der Waals surface area contributed by atoms with Gasteiger partial charge in [0, 0.05) is 0 Å². The van der Waals surface area contributed by atoms with Gasteiger partial charge < -0.3 is 5.11 Å². The van der Waals surface area contributed by atoms with Gasteiger partial charge in [0.05, 0.1) is 5.75 Å². The largest absolute Gasteiger partial charge is 0.480 e. The minimum Gasteiger partial charge on any atom is -0.480 e. The number of rotatable bonds is 4. The van der Waals surface area contributed by atoms with Gasteiger partial charge in [-0.05, 0) is 42.9 Å². The molecule has 0 radical (unpaired) electrons. The van der Waals surface area contributed by atoms with E-state index in [4.69, 9.17) is 5.11 Å². The van der Waals surface area contributed by atoms with Crippen molar-refractivity contribution in [3.05, 3.63) is 34.9 Å². The molecule has 98 valence electrons. The van der Waals surface area contributed by atoms with Crippen LogP contribution in [0.1, 0.15) is 30.0 Å². The number of fused-ring (bicyclic) bond motifs is 1. The average molecular weight is 268 g/mol. The predicted octanol–water partition coefficient (Wildman–Crippen LogP) is 1.56. The van der Waals surface area contributed by atoms with E-state index in [9.17, 15) is 13.2 Å². The molecule has 0 fully saturated rings. The molecule has 0 spiro atoms. The van der Waals surface area contributed by atoms with Gasteiger partial charge in [0.15, 0.2) is 15.1 Å². The molecule has 1 atom stereocenters. The van der Waals surface area contributed by atoms with Crippen LogP contribution >= 0.6 is 0 Å². The molecule has 18 heavy (non-hydrogen) atoms. The van der Waals surface area contributed by atoms with Crippen LogP contribution in [0.4, 0.5) is 0 Å². The van der Waals surface area contributed by atoms with Gasteiger partial charge in [0.25, 0.3) is 0 Å². The van der Waals surface area contributed by atoms with Crippen molar-refractivity contribution < 1.29 is 18.3 Å². The summed E-state index contributed by atoms with van der Waals surface area (Å²) in [5.41, 5.74) is 3.16. The number of aliphatic carboxylic acids is 1. The third-order valence-corrected chi connectivity index (χ3v) is 5.43. The molecular weight excluding hydrogens is 252 g/mol. The van der Waals surface area contributed by atoms with Gasteiger partial charge in [-0.2, -0.15) is 0 Å². The summed E-state index contributed by atoms with van der Waals surface area (Å²) in [6.45, 7) is 1.21. The van der Waals surface area contributed by atoms with E-state index in [0.29, 0.717) is 5.56 Å². The van der Waals surface area contributed by atoms with Crippen LogP contribution in [-0.4, -0.2) is 24.7 Å². The zero-order valence-corrected chi connectivity index (χ0v) is 11.0. The van der Waals surface area contributed by atoms with E-state index >= 15 is 0 Å². The molecule has 0 aliphatic heterocycles. The zero-order valence-electron chi connectivity index (χ0n) is 10.2. The van der Waals surface area contributed by atoms with E-state index in [2.05, 4.69) is 0 Å². The van der Waals surface area contributed by atoms with Crippen molar-refractivity contribution in [3.8, 4) is 0 Å². The Kier molecular flexibility index (Phi) is 3.43. The maximum atomic E-state index is 11.9. The summed E-state index contributed by atoms with van der Waals surface area (Å²) in [6.07, 6.45) is 3.14. The Labute approximate surface area is 107 Å². The molecule has 2 rings (SSSR count). The van der Waals surface area contributed by atoms with Crippen molar-refractivity contribution in [1.29, 1.82) is 0 Å². The number of hydrogen-bond acceptors (Lipinski definition) is 3. The molecule has 0 aromatic heterocycles. The normalized spacial score (nSPS) is 16.3. The van der Waals surface area contributed by atoms with Gasteiger partial charge >= 0.3 is 5.97 Å². The molecule has 1 N–H and O–H groups in total. The van der Waals surface area contributed by atoms with Crippen molar-refractivity contribution >= 4 is 15.8 Å². The van der Waals surface area contributed by atoms with Crippen LogP contribution < -0.4 is 0 Å². The van der Waals surface area contributed by atoms with E-state index < -0.39 is 21.1 Å². The van der Waals surface area contributed by atoms with Gasteiger partial charge in [-0.25, -0.2) is 8.42 Å². The molecule has 1 aliphatic rings. The molecule has 0 heterocycles. The van der Waals surface area contributed by atoms with Crippen LogP contribution in [0.5, 0.6) is 0 Å². The highest BCUT2D eigenvalue weighted by Crippen LogP contribution is 2.24. The Morgan fingerprint density at radius 3 is 2.67 bits per heavy atom. The van der Waals surface area contributed by atoms with Gasteiger partial charge in [0.2, 0.25) is 0 Å². The second-order valence-corrected chi connectivity index (χ2v) is 7.07. The molecule has 5 heteroatoms. The van der Waals surface area contributed by atoms with Crippen LogP contribution in [0.25, 0.3) is 0 Å². The summed E-state index contributed by atoms with van der Waals surface area (Å²) in [5.74, 6) is -1.50.